The Morgan fingerprint density at radius 1 is 1.33 bits per heavy atom. The van der Waals surface area contributed by atoms with Gasteiger partial charge in [-0.05, 0) is 44.6 Å². The third-order valence-electron chi connectivity index (χ3n) is 3.20. The first-order valence-corrected chi connectivity index (χ1v) is 5.60. The Morgan fingerprint density at radius 2 is 2.07 bits per heavy atom. The summed E-state index contributed by atoms with van der Waals surface area (Å²) in [5.41, 5.74) is 2.93. The van der Waals surface area contributed by atoms with Gasteiger partial charge in [-0.15, -0.1) is 0 Å². The van der Waals surface area contributed by atoms with Crippen LogP contribution in [0.25, 0.3) is 6.08 Å². The van der Waals surface area contributed by atoms with Crippen LogP contribution in [0.1, 0.15) is 50.5 Å². The highest BCUT2D eigenvalue weighted by Gasteiger charge is 2.26. The molecular formula is C13H19NO. The van der Waals surface area contributed by atoms with Gasteiger partial charge in [-0.3, -0.25) is 0 Å². The molecule has 2 rings (SSSR count). The highest BCUT2D eigenvalue weighted by molar-refractivity contribution is 5.45. The monoisotopic (exact) mass is 205 g/mol. The Kier molecular flexibility index (Phi) is 2.45. The summed E-state index contributed by atoms with van der Waals surface area (Å²) in [5, 5.41) is 0. The summed E-state index contributed by atoms with van der Waals surface area (Å²) in [4.78, 5) is 4.38. The van der Waals surface area contributed by atoms with Crippen molar-refractivity contribution in [1.29, 1.82) is 0 Å². The Balaban J connectivity index is 2.18. The molecular weight excluding hydrogens is 186 g/mol. The van der Waals surface area contributed by atoms with Crippen molar-refractivity contribution in [3.05, 3.63) is 22.9 Å². The fourth-order valence-corrected chi connectivity index (χ4v) is 2.15. The lowest BCUT2D eigenvalue weighted by molar-refractivity contribution is 0.389. The fourth-order valence-electron chi connectivity index (χ4n) is 2.15. The van der Waals surface area contributed by atoms with E-state index in [4.69, 9.17) is 4.42 Å². The summed E-state index contributed by atoms with van der Waals surface area (Å²) in [5.74, 6) is 1.71. The molecule has 0 amide bonds. The molecule has 0 unspecified atom stereocenters. The molecule has 1 fully saturated rings. The Hall–Kier alpha value is -1.05. The average molecular weight is 205 g/mol. The lowest BCUT2D eigenvalue weighted by Gasteiger charge is -2.14. The Bertz CT molecular complexity index is 379. The Morgan fingerprint density at radius 3 is 2.53 bits per heavy atom. The molecule has 0 atom stereocenters. The smallest absolute Gasteiger partial charge is 0.219 e. The van der Waals surface area contributed by atoms with E-state index < -0.39 is 0 Å². The normalized spacial score (nSPS) is 22.5. The number of hydrogen-bond acceptors (Lipinski definition) is 2. The molecule has 15 heavy (non-hydrogen) atoms. The number of hydrogen-bond donors (Lipinski definition) is 0. The van der Waals surface area contributed by atoms with E-state index in [2.05, 4.69) is 24.9 Å². The molecule has 0 saturated heterocycles. The molecule has 0 bridgehead atoms. The number of aromatic nitrogens is 1. The molecule has 1 aromatic heterocycles. The van der Waals surface area contributed by atoms with Crippen LogP contribution in [0.4, 0.5) is 0 Å². The molecule has 0 aliphatic heterocycles. The van der Waals surface area contributed by atoms with Crippen molar-refractivity contribution in [3.63, 3.8) is 0 Å². The zero-order valence-corrected chi connectivity index (χ0v) is 10.1. The van der Waals surface area contributed by atoms with Gasteiger partial charge in [0.2, 0.25) is 5.89 Å². The van der Waals surface area contributed by atoms with Crippen molar-refractivity contribution in [2.45, 2.75) is 47.0 Å². The van der Waals surface area contributed by atoms with Gasteiger partial charge in [0, 0.05) is 0 Å². The van der Waals surface area contributed by atoms with Crippen molar-refractivity contribution in [2.75, 3.05) is 0 Å². The van der Waals surface area contributed by atoms with Gasteiger partial charge in [-0.2, -0.15) is 0 Å². The lowest BCUT2D eigenvalue weighted by Crippen LogP contribution is -2.02. The number of aryl methyl sites for hydroxylation is 2. The summed E-state index contributed by atoms with van der Waals surface area (Å²) in [7, 11) is 0. The van der Waals surface area contributed by atoms with Gasteiger partial charge >= 0.3 is 0 Å². The second-order valence-electron chi connectivity index (χ2n) is 5.34. The third kappa shape index (κ3) is 2.31. The van der Waals surface area contributed by atoms with Crippen molar-refractivity contribution in [3.8, 4) is 0 Å². The summed E-state index contributed by atoms with van der Waals surface area (Å²) >= 11 is 0. The van der Waals surface area contributed by atoms with Crippen LogP contribution in [0.15, 0.2) is 9.99 Å². The van der Waals surface area contributed by atoms with Gasteiger partial charge in [0.1, 0.15) is 5.76 Å². The topological polar surface area (TPSA) is 26.0 Å². The molecule has 0 N–H and O–H groups in total. The summed E-state index contributed by atoms with van der Waals surface area (Å²) in [6, 6.07) is 0. The molecule has 0 radical (unpaired) electrons. The van der Waals surface area contributed by atoms with E-state index in [1.54, 1.807) is 0 Å². The second kappa shape index (κ2) is 3.51. The average Bonchev–Trinajstić information content (AvgIpc) is 2.58. The van der Waals surface area contributed by atoms with Crippen LogP contribution in [-0.2, 0) is 0 Å². The van der Waals surface area contributed by atoms with Gasteiger partial charge < -0.3 is 4.42 Å². The van der Waals surface area contributed by atoms with E-state index in [0.29, 0.717) is 5.41 Å². The van der Waals surface area contributed by atoms with Gasteiger partial charge in [-0.1, -0.05) is 19.4 Å². The van der Waals surface area contributed by atoms with E-state index in [-0.39, 0.29) is 0 Å². The molecule has 1 heterocycles. The summed E-state index contributed by atoms with van der Waals surface area (Å²) in [6.07, 6.45) is 5.76. The van der Waals surface area contributed by atoms with E-state index in [9.17, 15) is 0 Å². The number of nitrogens with zero attached hydrogens (tertiary/aromatic N) is 1. The first kappa shape index (κ1) is 10.5. The van der Waals surface area contributed by atoms with E-state index in [1.165, 1.54) is 24.8 Å². The molecule has 0 aromatic carbocycles. The standard InChI is InChI=1S/C13H19NO/c1-9-10(2)15-12(14-9)7-11-5-6-13(3,4)8-11/h7H,5-6,8H2,1-4H3/b11-7+. The molecule has 82 valence electrons. The lowest BCUT2D eigenvalue weighted by atomic mass is 9.92. The van der Waals surface area contributed by atoms with Crippen LogP contribution in [0.2, 0.25) is 0 Å². The highest BCUT2D eigenvalue weighted by atomic mass is 16.4. The van der Waals surface area contributed by atoms with Crippen LogP contribution in [-0.4, -0.2) is 4.98 Å². The van der Waals surface area contributed by atoms with Crippen molar-refractivity contribution < 1.29 is 4.42 Å². The maximum Gasteiger partial charge on any atom is 0.219 e. The predicted molar refractivity (Wildman–Crippen MR) is 61.6 cm³/mol. The number of oxazole rings is 1. The van der Waals surface area contributed by atoms with E-state index in [0.717, 1.165) is 17.3 Å². The van der Waals surface area contributed by atoms with Gasteiger partial charge in [0.05, 0.1) is 5.69 Å². The van der Waals surface area contributed by atoms with Gasteiger partial charge in [0.25, 0.3) is 0 Å². The largest absolute Gasteiger partial charge is 0.442 e. The van der Waals surface area contributed by atoms with Crippen LogP contribution < -0.4 is 0 Å². The first-order valence-electron chi connectivity index (χ1n) is 5.60. The van der Waals surface area contributed by atoms with E-state index in [1.807, 2.05) is 13.8 Å². The predicted octanol–water partition coefficient (Wildman–Crippen LogP) is 3.88. The zero-order valence-electron chi connectivity index (χ0n) is 10.1. The molecule has 2 nitrogen and oxygen atoms in total. The van der Waals surface area contributed by atoms with Crippen molar-refractivity contribution in [2.24, 2.45) is 5.41 Å². The minimum atomic E-state index is 0.461. The van der Waals surface area contributed by atoms with Crippen LogP contribution in [0.3, 0.4) is 0 Å². The molecule has 0 spiro atoms. The van der Waals surface area contributed by atoms with Crippen molar-refractivity contribution in [1.82, 2.24) is 4.98 Å². The minimum Gasteiger partial charge on any atom is -0.442 e. The molecule has 2 heteroatoms. The zero-order chi connectivity index (χ0) is 11.1. The number of rotatable bonds is 1. The SMILES string of the molecule is Cc1nc(/C=C2\CCC(C)(C)C2)oc1C. The maximum atomic E-state index is 5.56. The first-order chi connectivity index (χ1) is 6.96. The molecule has 1 aliphatic rings. The fraction of sp³-hybridized carbons (Fsp3) is 0.615. The van der Waals surface area contributed by atoms with Gasteiger partial charge in [-0.25, -0.2) is 4.98 Å². The quantitative estimate of drug-likeness (QED) is 0.695. The summed E-state index contributed by atoms with van der Waals surface area (Å²) < 4.78 is 5.56. The van der Waals surface area contributed by atoms with Crippen LogP contribution >= 0.6 is 0 Å². The van der Waals surface area contributed by atoms with Crippen LogP contribution in [0, 0.1) is 19.3 Å². The number of allylic oxidation sites excluding steroid dienone is 1. The minimum absolute atomic E-state index is 0.461. The van der Waals surface area contributed by atoms with Crippen molar-refractivity contribution >= 4 is 6.08 Å². The summed E-state index contributed by atoms with van der Waals surface area (Å²) in [6.45, 7) is 8.59. The van der Waals surface area contributed by atoms with Crippen LogP contribution in [0.5, 0.6) is 0 Å². The van der Waals surface area contributed by atoms with E-state index >= 15 is 0 Å². The second-order valence-corrected chi connectivity index (χ2v) is 5.34. The maximum absolute atomic E-state index is 5.56. The molecule has 1 saturated carbocycles. The molecule has 1 aromatic rings. The Labute approximate surface area is 91.4 Å². The molecule has 1 aliphatic carbocycles. The van der Waals surface area contributed by atoms with Gasteiger partial charge in [0.15, 0.2) is 0 Å². The third-order valence-corrected chi connectivity index (χ3v) is 3.20. The highest BCUT2D eigenvalue weighted by Crippen LogP contribution is 2.41.